The van der Waals surface area contributed by atoms with Crippen LogP contribution in [0, 0.1) is 11.8 Å². The molecule has 4 atom stereocenters. The predicted molar refractivity (Wildman–Crippen MR) is 69.5 cm³/mol. The summed E-state index contributed by atoms with van der Waals surface area (Å²) in [4.78, 5) is 14.3. The maximum Gasteiger partial charge on any atom is 0.223 e. The van der Waals surface area contributed by atoms with E-state index in [1.54, 1.807) is 0 Å². The molecular formula is C14H26N2O. The number of amides is 1. The minimum absolute atomic E-state index is 0.330. The maximum absolute atomic E-state index is 12.3. The Kier molecular flexibility index (Phi) is 4.08. The van der Waals surface area contributed by atoms with Crippen molar-refractivity contribution in [2.24, 2.45) is 17.6 Å². The molecule has 0 spiro atoms. The van der Waals surface area contributed by atoms with Crippen LogP contribution in [0.3, 0.4) is 0 Å². The van der Waals surface area contributed by atoms with Crippen LogP contribution >= 0.6 is 0 Å². The van der Waals surface area contributed by atoms with E-state index in [2.05, 4.69) is 18.7 Å². The van der Waals surface area contributed by atoms with Crippen LogP contribution in [0.25, 0.3) is 0 Å². The molecule has 0 bridgehead atoms. The van der Waals surface area contributed by atoms with Gasteiger partial charge in [-0.15, -0.1) is 0 Å². The Morgan fingerprint density at radius 3 is 2.65 bits per heavy atom. The molecule has 1 aliphatic carbocycles. The minimum atomic E-state index is 0.330. The van der Waals surface area contributed by atoms with Crippen molar-refractivity contribution in [3.05, 3.63) is 0 Å². The van der Waals surface area contributed by atoms with E-state index in [1.807, 2.05) is 0 Å². The van der Waals surface area contributed by atoms with Crippen LogP contribution in [0.5, 0.6) is 0 Å². The molecule has 1 amide bonds. The second kappa shape index (κ2) is 5.38. The van der Waals surface area contributed by atoms with Crippen molar-refractivity contribution >= 4 is 5.91 Å². The molecule has 0 aromatic carbocycles. The molecule has 0 aromatic heterocycles. The van der Waals surface area contributed by atoms with Gasteiger partial charge in [-0.25, -0.2) is 0 Å². The summed E-state index contributed by atoms with van der Waals surface area (Å²) < 4.78 is 0. The molecule has 2 N–H and O–H groups in total. The van der Waals surface area contributed by atoms with Crippen molar-refractivity contribution in [3.63, 3.8) is 0 Å². The highest BCUT2D eigenvalue weighted by molar-refractivity contribution is 5.77. The normalized spacial score (nSPS) is 38.4. The third kappa shape index (κ3) is 3.21. The first-order valence-corrected chi connectivity index (χ1v) is 7.11. The van der Waals surface area contributed by atoms with Crippen molar-refractivity contribution < 1.29 is 4.79 Å². The zero-order valence-electron chi connectivity index (χ0n) is 11.2. The topological polar surface area (TPSA) is 46.3 Å². The first kappa shape index (κ1) is 12.9. The molecule has 3 nitrogen and oxygen atoms in total. The lowest BCUT2D eigenvalue weighted by atomic mass is 9.84. The van der Waals surface area contributed by atoms with Crippen LogP contribution in [0.15, 0.2) is 0 Å². The molecule has 3 heteroatoms. The van der Waals surface area contributed by atoms with E-state index in [0.717, 1.165) is 32.2 Å². The van der Waals surface area contributed by atoms with Gasteiger partial charge in [-0.1, -0.05) is 13.3 Å². The third-order valence-electron chi connectivity index (χ3n) is 4.39. The van der Waals surface area contributed by atoms with Gasteiger partial charge in [0.1, 0.15) is 0 Å². The molecule has 1 saturated carbocycles. The van der Waals surface area contributed by atoms with Crippen molar-refractivity contribution in [2.45, 2.75) is 64.5 Å². The average molecular weight is 238 g/mol. The Morgan fingerprint density at radius 1 is 1.29 bits per heavy atom. The maximum atomic E-state index is 12.3. The Bertz CT molecular complexity index is 279. The fourth-order valence-corrected chi connectivity index (χ4v) is 3.53. The largest absolute Gasteiger partial charge is 0.340 e. The van der Waals surface area contributed by atoms with E-state index in [0.29, 0.717) is 29.8 Å². The van der Waals surface area contributed by atoms with Crippen molar-refractivity contribution in [3.8, 4) is 0 Å². The summed E-state index contributed by atoms with van der Waals surface area (Å²) >= 11 is 0. The summed E-state index contributed by atoms with van der Waals surface area (Å²) in [5.74, 6) is 1.57. The van der Waals surface area contributed by atoms with Gasteiger partial charge < -0.3 is 10.6 Å². The first-order chi connectivity index (χ1) is 8.06. The number of likely N-dealkylation sites (tertiary alicyclic amines) is 1. The highest BCUT2D eigenvalue weighted by Gasteiger charge is 2.31. The zero-order valence-corrected chi connectivity index (χ0v) is 11.2. The summed E-state index contributed by atoms with van der Waals surface area (Å²) in [6.07, 6.45) is 6.47. The summed E-state index contributed by atoms with van der Waals surface area (Å²) in [7, 11) is 0. The van der Waals surface area contributed by atoms with Crippen molar-refractivity contribution in [1.29, 1.82) is 0 Å². The second-order valence-corrected chi connectivity index (χ2v) is 6.23. The molecule has 1 heterocycles. The summed E-state index contributed by atoms with van der Waals surface area (Å²) in [5.41, 5.74) is 5.98. The summed E-state index contributed by atoms with van der Waals surface area (Å²) in [6.45, 7) is 5.37. The van der Waals surface area contributed by atoms with E-state index in [-0.39, 0.29) is 0 Å². The van der Waals surface area contributed by atoms with Crippen LogP contribution in [0.4, 0.5) is 0 Å². The molecule has 2 rings (SSSR count). The van der Waals surface area contributed by atoms with Gasteiger partial charge in [0, 0.05) is 25.0 Å². The molecule has 0 radical (unpaired) electrons. The summed E-state index contributed by atoms with van der Waals surface area (Å²) in [6, 6.07) is 0.770. The number of rotatable bonds is 2. The lowest BCUT2D eigenvalue weighted by Gasteiger charge is -2.29. The van der Waals surface area contributed by atoms with Gasteiger partial charge in [0.25, 0.3) is 0 Å². The molecule has 1 aliphatic heterocycles. The van der Waals surface area contributed by atoms with E-state index in [4.69, 9.17) is 5.73 Å². The van der Waals surface area contributed by atoms with Gasteiger partial charge in [-0.3, -0.25) is 4.79 Å². The van der Waals surface area contributed by atoms with Crippen molar-refractivity contribution in [1.82, 2.24) is 4.90 Å². The monoisotopic (exact) mass is 238 g/mol. The molecule has 2 aliphatic rings. The van der Waals surface area contributed by atoms with E-state index in [9.17, 15) is 4.79 Å². The fourth-order valence-electron chi connectivity index (χ4n) is 3.53. The molecule has 4 unspecified atom stereocenters. The van der Waals surface area contributed by atoms with Crippen molar-refractivity contribution in [2.75, 3.05) is 6.54 Å². The van der Waals surface area contributed by atoms with Gasteiger partial charge >= 0.3 is 0 Å². The number of carbonyl (C=O) groups excluding carboxylic acids is 1. The van der Waals surface area contributed by atoms with Crippen LogP contribution in [-0.4, -0.2) is 29.4 Å². The Morgan fingerprint density at radius 2 is 2.06 bits per heavy atom. The smallest absolute Gasteiger partial charge is 0.223 e. The van der Waals surface area contributed by atoms with Gasteiger partial charge in [-0.2, -0.15) is 0 Å². The number of hydrogen-bond acceptors (Lipinski definition) is 2. The van der Waals surface area contributed by atoms with Gasteiger partial charge in [0.2, 0.25) is 5.91 Å². The predicted octanol–water partition coefficient (Wildman–Crippen LogP) is 2.15. The molecule has 1 saturated heterocycles. The Labute approximate surface area is 105 Å². The number of carbonyl (C=O) groups is 1. The lowest BCUT2D eigenvalue weighted by Crippen LogP contribution is -2.37. The standard InChI is InChI=1S/C14H26N2O/c1-10-6-11(2)16(9-10)14(17)8-12-4-3-5-13(15)7-12/h10-13H,3-9,15H2,1-2H3. The number of nitrogens with two attached hydrogens (primary N) is 1. The fraction of sp³-hybridized carbons (Fsp3) is 0.929. The van der Waals surface area contributed by atoms with Crippen LogP contribution in [-0.2, 0) is 4.79 Å². The van der Waals surface area contributed by atoms with E-state index >= 15 is 0 Å². The third-order valence-corrected chi connectivity index (χ3v) is 4.39. The average Bonchev–Trinajstić information content (AvgIpc) is 2.58. The van der Waals surface area contributed by atoms with Gasteiger partial charge in [0.15, 0.2) is 0 Å². The van der Waals surface area contributed by atoms with Gasteiger partial charge in [0.05, 0.1) is 0 Å². The highest BCUT2D eigenvalue weighted by Crippen LogP contribution is 2.29. The molecule has 0 aromatic rings. The number of hydrogen-bond donors (Lipinski definition) is 1. The quantitative estimate of drug-likeness (QED) is 0.801. The van der Waals surface area contributed by atoms with Crippen LogP contribution in [0.2, 0.25) is 0 Å². The molecule has 2 fully saturated rings. The van der Waals surface area contributed by atoms with Crippen LogP contribution < -0.4 is 5.73 Å². The SMILES string of the molecule is CC1CC(C)N(C(=O)CC2CCCC(N)C2)C1. The molecular weight excluding hydrogens is 212 g/mol. The minimum Gasteiger partial charge on any atom is -0.340 e. The Hall–Kier alpha value is -0.570. The van der Waals surface area contributed by atoms with Crippen LogP contribution in [0.1, 0.15) is 52.4 Å². The first-order valence-electron chi connectivity index (χ1n) is 7.11. The molecule has 17 heavy (non-hydrogen) atoms. The lowest BCUT2D eigenvalue weighted by molar-refractivity contribution is -0.133. The zero-order chi connectivity index (χ0) is 12.4. The van der Waals surface area contributed by atoms with Gasteiger partial charge in [-0.05, 0) is 44.4 Å². The van der Waals surface area contributed by atoms with E-state index < -0.39 is 0 Å². The molecule has 98 valence electrons. The summed E-state index contributed by atoms with van der Waals surface area (Å²) in [5, 5.41) is 0. The highest BCUT2D eigenvalue weighted by atomic mass is 16.2. The second-order valence-electron chi connectivity index (χ2n) is 6.23. The Balaban J connectivity index is 1.84. The van der Waals surface area contributed by atoms with E-state index in [1.165, 1.54) is 12.8 Å². The number of nitrogens with zero attached hydrogens (tertiary/aromatic N) is 1.